The molecule has 1 saturated carbocycles. The topological polar surface area (TPSA) is 0 Å². The monoisotopic (exact) mass is 116 g/mol. The highest BCUT2D eigenvalue weighted by atomic mass is 14.3. The van der Waals surface area contributed by atoms with E-state index >= 15 is 0 Å². The second-order valence-corrected chi connectivity index (χ2v) is 3.02. The first-order valence-corrected chi connectivity index (χ1v) is 2.71. The van der Waals surface area contributed by atoms with E-state index in [1.54, 1.807) is 0 Å². The van der Waals surface area contributed by atoms with Crippen LogP contribution in [0.1, 0.15) is 48.0 Å². The first-order valence-electron chi connectivity index (χ1n) is 2.71. The Hall–Kier alpha value is 0. The molecule has 1 rings (SSSR count). The molecule has 0 spiro atoms. The highest BCUT2D eigenvalue weighted by Gasteiger charge is 2.24. The maximum absolute atomic E-state index is 2.33. The average Bonchev–Trinajstić information content (AvgIpc) is 1.32. The molecule has 1 aliphatic rings. The Bertz CT molecular complexity index is 47.1. The fourth-order valence-corrected chi connectivity index (χ4v) is 0.884. The van der Waals surface area contributed by atoms with Crippen molar-refractivity contribution in [3.05, 3.63) is 0 Å². The summed E-state index contributed by atoms with van der Waals surface area (Å²) in [5.74, 6) is 0. The normalized spacial score (nSPS) is 21.8. The molecular weight excluding hydrogens is 96.1 g/mol. The van der Waals surface area contributed by atoms with Crippen molar-refractivity contribution in [2.24, 2.45) is 5.41 Å². The van der Waals surface area contributed by atoms with Crippen molar-refractivity contribution >= 4 is 0 Å². The largest absolute Gasteiger partial charge is 0.0776 e. The molecule has 0 heterocycles. The third kappa shape index (κ3) is 2.34. The van der Waals surface area contributed by atoms with Gasteiger partial charge in [0.15, 0.2) is 0 Å². The van der Waals surface area contributed by atoms with Gasteiger partial charge in [-0.25, -0.2) is 0 Å². The minimum atomic E-state index is 0. The molecule has 0 saturated heterocycles. The van der Waals surface area contributed by atoms with Crippen molar-refractivity contribution in [2.45, 2.75) is 48.0 Å². The number of hydrogen-bond acceptors (Lipinski definition) is 0. The molecule has 0 aromatic carbocycles. The molecule has 1 aliphatic carbocycles. The Kier molecular flexibility index (Phi) is 4.23. The molecule has 0 nitrogen and oxygen atoms in total. The fraction of sp³-hybridized carbons (Fsp3) is 1.00. The number of hydrogen-bond donors (Lipinski definition) is 0. The van der Waals surface area contributed by atoms with Gasteiger partial charge < -0.3 is 0 Å². The standard InChI is InChI=1S/C6H12.2CH4/c1-6(2)4-3-5-6;;/h3-5H2,1-2H3;2*1H4. The molecule has 0 aromatic rings. The molecule has 52 valence electrons. The lowest BCUT2D eigenvalue weighted by Crippen LogP contribution is -2.20. The van der Waals surface area contributed by atoms with Gasteiger partial charge in [0.1, 0.15) is 0 Å². The summed E-state index contributed by atoms with van der Waals surface area (Å²) in [4.78, 5) is 0. The minimum absolute atomic E-state index is 0. The SMILES string of the molecule is C.C.CC1(C)CCC1. The van der Waals surface area contributed by atoms with Crippen LogP contribution in [0.4, 0.5) is 0 Å². The second kappa shape index (κ2) is 3.11. The van der Waals surface area contributed by atoms with E-state index in [2.05, 4.69) is 13.8 Å². The number of rotatable bonds is 0. The third-order valence-corrected chi connectivity index (χ3v) is 1.71. The first-order chi connectivity index (χ1) is 2.71. The van der Waals surface area contributed by atoms with Gasteiger partial charge in [-0.15, -0.1) is 0 Å². The highest BCUT2D eigenvalue weighted by Crippen LogP contribution is 2.38. The third-order valence-electron chi connectivity index (χ3n) is 1.71. The first kappa shape index (κ1) is 10.9. The molecule has 0 N–H and O–H groups in total. The molecule has 0 aromatic heterocycles. The van der Waals surface area contributed by atoms with Crippen LogP contribution in [0.15, 0.2) is 0 Å². The lowest BCUT2D eigenvalue weighted by Gasteiger charge is -2.33. The Labute approximate surface area is 54.3 Å². The zero-order valence-corrected chi connectivity index (χ0v) is 4.62. The van der Waals surface area contributed by atoms with Crippen molar-refractivity contribution in [3.63, 3.8) is 0 Å². The van der Waals surface area contributed by atoms with E-state index < -0.39 is 0 Å². The van der Waals surface area contributed by atoms with Gasteiger partial charge in [-0.1, -0.05) is 35.1 Å². The lowest BCUT2D eigenvalue weighted by molar-refractivity contribution is 0.190. The molecule has 0 radical (unpaired) electrons. The summed E-state index contributed by atoms with van der Waals surface area (Å²) in [5.41, 5.74) is 0.722. The van der Waals surface area contributed by atoms with Crippen molar-refractivity contribution in [2.75, 3.05) is 0 Å². The van der Waals surface area contributed by atoms with Crippen LogP contribution >= 0.6 is 0 Å². The quantitative estimate of drug-likeness (QED) is 0.454. The molecule has 0 atom stereocenters. The summed E-state index contributed by atoms with van der Waals surface area (Å²) in [6, 6.07) is 0. The Balaban J connectivity index is 0. The van der Waals surface area contributed by atoms with E-state index in [1.807, 2.05) is 0 Å². The summed E-state index contributed by atoms with van der Waals surface area (Å²) in [6.45, 7) is 4.66. The van der Waals surface area contributed by atoms with Crippen molar-refractivity contribution in [1.82, 2.24) is 0 Å². The maximum atomic E-state index is 2.33. The smallest absolute Gasteiger partial charge is 0.0354 e. The van der Waals surface area contributed by atoms with E-state index in [-0.39, 0.29) is 14.9 Å². The van der Waals surface area contributed by atoms with Gasteiger partial charge >= 0.3 is 0 Å². The van der Waals surface area contributed by atoms with Crippen LogP contribution in [0.5, 0.6) is 0 Å². The summed E-state index contributed by atoms with van der Waals surface area (Å²) in [7, 11) is 0. The van der Waals surface area contributed by atoms with E-state index in [4.69, 9.17) is 0 Å². The van der Waals surface area contributed by atoms with Crippen LogP contribution < -0.4 is 0 Å². The Morgan fingerprint density at radius 3 is 1.25 bits per heavy atom. The second-order valence-electron chi connectivity index (χ2n) is 3.02. The van der Waals surface area contributed by atoms with Crippen LogP contribution in [0.25, 0.3) is 0 Å². The van der Waals surface area contributed by atoms with Gasteiger partial charge in [0.2, 0.25) is 0 Å². The summed E-state index contributed by atoms with van der Waals surface area (Å²) in [6.07, 6.45) is 4.37. The summed E-state index contributed by atoms with van der Waals surface area (Å²) >= 11 is 0. The van der Waals surface area contributed by atoms with Gasteiger partial charge in [0.25, 0.3) is 0 Å². The minimum Gasteiger partial charge on any atom is -0.0776 e. The van der Waals surface area contributed by atoms with E-state index in [0.29, 0.717) is 0 Å². The summed E-state index contributed by atoms with van der Waals surface area (Å²) in [5, 5.41) is 0. The predicted octanol–water partition coefficient (Wildman–Crippen LogP) is 3.47. The van der Waals surface area contributed by atoms with Gasteiger partial charge in [0.05, 0.1) is 0 Å². The Morgan fingerprint density at radius 1 is 1.00 bits per heavy atom. The van der Waals surface area contributed by atoms with Crippen LogP contribution in [0.2, 0.25) is 0 Å². The molecule has 0 aliphatic heterocycles. The van der Waals surface area contributed by atoms with Gasteiger partial charge in [-0.3, -0.25) is 0 Å². The maximum Gasteiger partial charge on any atom is -0.0354 e. The molecule has 1 fully saturated rings. The van der Waals surface area contributed by atoms with E-state index in [1.165, 1.54) is 19.3 Å². The van der Waals surface area contributed by atoms with Crippen molar-refractivity contribution in [3.8, 4) is 0 Å². The highest BCUT2D eigenvalue weighted by molar-refractivity contribution is 4.77. The molecule has 8 heavy (non-hydrogen) atoms. The van der Waals surface area contributed by atoms with Crippen LogP contribution in [0, 0.1) is 5.41 Å². The van der Waals surface area contributed by atoms with Crippen LogP contribution in [0.3, 0.4) is 0 Å². The zero-order chi connectivity index (χ0) is 4.62. The van der Waals surface area contributed by atoms with Gasteiger partial charge in [-0.2, -0.15) is 0 Å². The van der Waals surface area contributed by atoms with Gasteiger partial charge in [0, 0.05) is 0 Å². The van der Waals surface area contributed by atoms with Crippen LogP contribution in [-0.2, 0) is 0 Å². The lowest BCUT2D eigenvalue weighted by atomic mass is 9.72. The summed E-state index contributed by atoms with van der Waals surface area (Å²) < 4.78 is 0. The van der Waals surface area contributed by atoms with Crippen LogP contribution in [-0.4, -0.2) is 0 Å². The molecular formula is C8H20. The van der Waals surface area contributed by atoms with Crippen molar-refractivity contribution in [1.29, 1.82) is 0 Å². The molecule has 0 heteroatoms. The Morgan fingerprint density at radius 2 is 1.25 bits per heavy atom. The zero-order valence-electron chi connectivity index (χ0n) is 4.62. The van der Waals surface area contributed by atoms with E-state index in [0.717, 1.165) is 5.41 Å². The fourth-order valence-electron chi connectivity index (χ4n) is 0.884. The molecule has 0 bridgehead atoms. The van der Waals surface area contributed by atoms with E-state index in [9.17, 15) is 0 Å². The predicted molar refractivity (Wildman–Crippen MR) is 41.1 cm³/mol. The molecule has 0 unspecified atom stereocenters. The van der Waals surface area contributed by atoms with Gasteiger partial charge in [-0.05, 0) is 18.3 Å². The molecule has 0 amide bonds. The van der Waals surface area contributed by atoms with Crippen molar-refractivity contribution < 1.29 is 0 Å². The average molecular weight is 116 g/mol.